The highest BCUT2D eigenvalue weighted by atomic mass is 35.5. The second-order valence-electron chi connectivity index (χ2n) is 5.13. The number of hydrogen-bond donors (Lipinski definition) is 1. The monoisotopic (exact) mass is 284 g/mol. The fourth-order valence-corrected chi connectivity index (χ4v) is 2.71. The Labute approximate surface area is 119 Å². The fraction of sp³-hybridized carbons (Fsp3) is 0.600. The summed E-state index contributed by atoms with van der Waals surface area (Å²) < 4.78 is 11.4. The van der Waals surface area contributed by atoms with Gasteiger partial charge in [0.2, 0.25) is 0 Å². The van der Waals surface area contributed by atoms with Crippen LogP contribution in [0.2, 0.25) is 5.02 Å². The third-order valence-corrected chi connectivity index (χ3v) is 3.94. The molecule has 2 rings (SSSR count). The molecule has 1 aliphatic carbocycles. The molecule has 1 aromatic rings. The Morgan fingerprint density at radius 2 is 2.05 bits per heavy atom. The van der Waals surface area contributed by atoms with E-state index in [2.05, 4.69) is 0 Å². The minimum atomic E-state index is -0.515. The standard InChI is InChI=1S/C15H21ClO3/c1-10(17)11-6-7-15(14(16)8-11)19-13-5-3-4-12(9-13)18-2/h6-8,10,12-13,17H,3-5,9H2,1-2H3/t10-,12?,13?/m0/s1. The minimum absolute atomic E-state index is 0.161. The predicted octanol–water partition coefficient (Wildman–Crippen LogP) is 3.73. The summed E-state index contributed by atoms with van der Waals surface area (Å²) in [4.78, 5) is 0. The number of hydrogen-bond acceptors (Lipinski definition) is 3. The van der Waals surface area contributed by atoms with Gasteiger partial charge in [-0.2, -0.15) is 0 Å². The minimum Gasteiger partial charge on any atom is -0.489 e. The lowest BCUT2D eigenvalue weighted by Crippen LogP contribution is -2.29. The maximum absolute atomic E-state index is 9.51. The van der Waals surface area contributed by atoms with Crippen molar-refractivity contribution in [3.8, 4) is 5.75 Å². The molecule has 0 amide bonds. The van der Waals surface area contributed by atoms with Crippen LogP contribution in [-0.2, 0) is 4.74 Å². The second-order valence-corrected chi connectivity index (χ2v) is 5.54. The van der Waals surface area contributed by atoms with Gasteiger partial charge in [-0.15, -0.1) is 0 Å². The van der Waals surface area contributed by atoms with Gasteiger partial charge in [-0.3, -0.25) is 0 Å². The summed E-state index contributed by atoms with van der Waals surface area (Å²) in [5, 5.41) is 10.1. The maximum atomic E-state index is 9.51. The smallest absolute Gasteiger partial charge is 0.138 e. The predicted molar refractivity (Wildman–Crippen MR) is 75.8 cm³/mol. The lowest BCUT2D eigenvalue weighted by molar-refractivity contribution is 0.0210. The van der Waals surface area contributed by atoms with Gasteiger partial charge in [0.1, 0.15) is 11.9 Å². The molecule has 1 saturated carbocycles. The normalized spacial score (nSPS) is 25.1. The Morgan fingerprint density at radius 3 is 2.68 bits per heavy atom. The molecule has 0 bridgehead atoms. The third-order valence-electron chi connectivity index (χ3n) is 3.64. The van der Waals surface area contributed by atoms with E-state index < -0.39 is 6.10 Å². The SMILES string of the molecule is COC1CCCC(Oc2ccc([C@H](C)O)cc2Cl)C1. The molecule has 3 atom stereocenters. The topological polar surface area (TPSA) is 38.7 Å². The lowest BCUT2D eigenvalue weighted by atomic mass is 9.95. The zero-order valence-corrected chi connectivity index (χ0v) is 12.2. The van der Waals surface area contributed by atoms with Crippen molar-refractivity contribution in [2.45, 2.75) is 50.9 Å². The Balaban J connectivity index is 2.02. The van der Waals surface area contributed by atoms with Crippen LogP contribution in [0.3, 0.4) is 0 Å². The van der Waals surface area contributed by atoms with Crippen LogP contribution in [0.4, 0.5) is 0 Å². The highest BCUT2D eigenvalue weighted by Crippen LogP contribution is 2.31. The zero-order chi connectivity index (χ0) is 13.8. The van der Waals surface area contributed by atoms with Crippen molar-refractivity contribution in [3.63, 3.8) is 0 Å². The largest absolute Gasteiger partial charge is 0.489 e. The average molecular weight is 285 g/mol. The van der Waals surface area contributed by atoms with Gasteiger partial charge in [0, 0.05) is 13.5 Å². The van der Waals surface area contributed by atoms with Gasteiger partial charge in [-0.1, -0.05) is 17.7 Å². The Morgan fingerprint density at radius 1 is 1.32 bits per heavy atom. The lowest BCUT2D eigenvalue weighted by Gasteiger charge is -2.29. The second kappa shape index (κ2) is 6.60. The number of aliphatic hydroxyl groups excluding tert-OH is 1. The van der Waals surface area contributed by atoms with Gasteiger partial charge < -0.3 is 14.6 Å². The van der Waals surface area contributed by atoms with Gasteiger partial charge in [-0.25, -0.2) is 0 Å². The first-order chi connectivity index (χ1) is 9.10. The molecule has 0 aliphatic heterocycles. The molecule has 19 heavy (non-hydrogen) atoms. The molecule has 1 N–H and O–H groups in total. The highest BCUT2D eigenvalue weighted by Gasteiger charge is 2.23. The summed E-state index contributed by atoms with van der Waals surface area (Å²) in [6.07, 6.45) is 4.10. The van der Waals surface area contributed by atoms with Gasteiger partial charge in [0.25, 0.3) is 0 Å². The molecule has 1 fully saturated rings. The van der Waals surface area contributed by atoms with Gasteiger partial charge in [0.05, 0.1) is 17.2 Å². The molecule has 0 heterocycles. The van der Waals surface area contributed by atoms with Crippen LogP contribution in [0.15, 0.2) is 18.2 Å². The fourth-order valence-electron chi connectivity index (χ4n) is 2.48. The summed E-state index contributed by atoms with van der Waals surface area (Å²) in [6.45, 7) is 1.72. The van der Waals surface area contributed by atoms with Crippen LogP contribution >= 0.6 is 11.6 Å². The van der Waals surface area contributed by atoms with Crippen molar-refractivity contribution < 1.29 is 14.6 Å². The van der Waals surface area contributed by atoms with Crippen LogP contribution in [-0.4, -0.2) is 24.4 Å². The van der Waals surface area contributed by atoms with E-state index in [4.69, 9.17) is 21.1 Å². The number of methoxy groups -OCH3 is 1. The first-order valence-corrected chi connectivity index (χ1v) is 7.15. The van der Waals surface area contributed by atoms with E-state index in [1.807, 2.05) is 12.1 Å². The number of halogens is 1. The van der Waals surface area contributed by atoms with Crippen LogP contribution in [0.1, 0.15) is 44.3 Å². The van der Waals surface area contributed by atoms with Crippen molar-refractivity contribution >= 4 is 11.6 Å². The van der Waals surface area contributed by atoms with Crippen LogP contribution in [0, 0.1) is 0 Å². The van der Waals surface area contributed by atoms with E-state index in [1.165, 1.54) is 0 Å². The molecule has 0 aromatic heterocycles. The van der Waals surface area contributed by atoms with Crippen molar-refractivity contribution in [1.82, 2.24) is 0 Å². The first-order valence-electron chi connectivity index (χ1n) is 6.77. The summed E-state index contributed by atoms with van der Waals surface area (Å²) in [5.41, 5.74) is 0.802. The number of aliphatic hydroxyl groups is 1. The molecular weight excluding hydrogens is 264 g/mol. The highest BCUT2D eigenvalue weighted by molar-refractivity contribution is 6.32. The summed E-state index contributed by atoms with van der Waals surface area (Å²) >= 11 is 6.20. The van der Waals surface area contributed by atoms with E-state index in [0.29, 0.717) is 10.8 Å². The van der Waals surface area contributed by atoms with E-state index >= 15 is 0 Å². The van der Waals surface area contributed by atoms with E-state index in [9.17, 15) is 5.11 Å². The van der Waals surface area contributed by atoms with E-state index in [1.54, 1.807) is 20.1 Å². The molecule has 4 heteroatoms. The van der Waals surface area contributed by atoms with E-state index in [-0.39, 0.29) is 12.2 Å². The van der Waals surface area contributed by atoms with Crippen molar-refractivity contribution in [2.24, 2.45) is 0 Å². The zero-order valence-electron chi connectivity index (χ0n) is 11.4. The summed E-state index contributed by atoms with van der Waals surface area (Å²) in [7, 11) is 1.75. The number of benzene rings is 1. The molecule has 3 nitrogen and oxygen atoms in total. The number of ether oxygens (including phenoxy) is 2. The molecule has 1 aromatic carbocycles. The average Bonchev–Trinajstić information content (AvgIpc) is 2.41. The van der Waals surface area contributed by atoms with Crippen molar-refractivity contribution in [1.29, 1.82) is 0 Å². The van der Waals surface area contributed by atoms with Gasteiger partial charge >= 0.3 is 0 Å². The summed E-state index contributed by atoms with van der Waals surface area (Å²) in [6, 6.07) is 5.45. The summed E-state index contributed by atoms with van der Waals surface area (Å²) in [5.74, 6) is 0.688. The molecule has 2 unspecified atom stereocenters. The molecular formula is C15H21ClO3. The first kappa shape index (κ1) is 14.6. The molecule has 1 aliphatic rings. The van der Waals surface area contributed by atoms with Gasteiger partial charge in [-0.05, 0) is 43.9 Å². The molecule has 0 radical (unpaired) electrons. The van der Waals surface area contributed by atoms with Gasteiger partial charge in [0.15, 0.2) is 0 Å². The van der Waals surface area contributed by atoms with Crippen LogP contribution < -0.4 is 4.74 Å². The maximum Gasteiger partial charge on any atom is 0.138 e. The molecule has 0 saturated heterocycles. The van der Waals surface area contributed by atoms with Crippen LogP contribution in [0.5, 0.6) is 5.75 Å². The molecule has 106 valence electrons. The third kappa shape index (κ3) is 3.85. The van der Waals surface area contributed by atoms with Crippen LogP contribution in [0.25, 0.3) is 0 Å². The Bertz CT molecular complexity index is 420. The Kier molecular flexibility index (Phi) is 5.08. The van der Waals surface area contributed by atoms with Crippen molar-refractivity contribution in [3.05, 3.63) is 28.8 Å². The van der Waals surface area contributed by atoms with Crippen molar-refractivity contribution in [2.75, 3.05) is 7.11 Å². The number of rotatable bonds is 4. The Hall–Kier alpha value is -0.770. The van der Waals surface area contributed by atoms with E-state index in [0.717, 1.165) is 31.2 Å². The molecule has 0 spiro atoms. The quantitative estimate of drug-likeness (QED) is 0.915.